The standard InChI is InChI=1S/C16H22N2OS.C7H8.C2H6O/c1-3-12-5-4-6-14-16(12)15(11-18(14)2)20-17-13-7-9-19-10-8-13;1-7-5-3-2-4-6-7;1-3-2/h4-6,11,13,17H,3,7-10H2,1-2H3;2-6H,1H3;1-2H3. The van der Waals surface area contributed by atoms with Gasteiger partial charge < -0.3 is 14.0 Å². The molecule has 0 radical (unpaired) electrons. The maximum Gasteiger partial charge on any atom is 0.0492 e. The highest BCUT2D eigenvalue weighted by Crippen LogP contribution is 2.31. The lowest BCUT2D eigenvalue weighted by molar-refractivity contribution is 0.0838. The Balaban J connectivity index is 0.000000266. The Morgan fingerprint density at radius 1 is 1.07 bits per heavy atom. The molecule has 5 heteroatoms. The molecule has 164 valence electrons. The molecular formula is C25H36N2O2S. The zero-order valence-electron chi connectivity index (χ0n) is 19.0. The fraction of sp³-hybridized carbons (Fsp3) is 0.440. The highest BCUT2D eigenvalue weighted by Gasteiger charge is 2.16. The average Bonchev–Trinajstić information content (AvgIpc) is 3.10. The van der Waals surface area contributed by atoms with Crippen LogP contribution in [0.4, 0.5) is 0 Å². The molecule has 0 unspecified atom stereocenters. The van der Waals surface area contributed by atoms with Crippen LogP contribution < -0.4 is 4.72 Å². The van der Waals surface area contributed by atoms with E-state index in [0.29, 0.717) is 6.04 Å². The second-order valence-electron chi connectivity index (χ2n) is 7.44. The van der Waals surface area contributed by atoms with Crippen molar-refractivity contribution >= 4 is 22.9 Å². The van der Waals surface area contributed by atoms with Crippen molar-refractivity contribution in [1.82, 2.24) is 9.29 Å². The van der Waals surface area contributed by atoms with Gasteiger partial charge in [-0.15, -0.1) is 0 Å². The summed E-state index contributed by atoms with van der Waals surface area (Å²) in [5, 5.41) is 1.40. The number of fused-ring (bicyclic) bond motifs is 1. The molecule has 0 spiro atoms. The van der Waals surface area contributed by atoms with E-state index in [4.69, 9.17) is 4.74 Å². The van der Waals surface area contributed by atoms with Gasteiger partial charge in [0.05, 0.1) is 0 Å². The van der Waals surface area contributed by atoms with Gasteiger partial charge in [0.25, 0.3) is 0 Å². The van der Waals surface area contributed by atoms with E-state index < -0.39 is 0 Å². The van der Waals surface area contributed by atoms with Gasteiger partial charge in [-0.05, 0) is 49.8 Å². The van der Waals surface area contributed by atoms with Crippen molar-refractivity contribution in [3.63, 3.8) is 0 Å². The predicted molar refractivity (Wildman–Crippen MR) is 129 cm³/mol. The predicted octanol–water partition coefficient (Wildman–Crippen LogP) is 5.77. The zero-order valence-corrected chi connectivity index (χ0v) is 19.8. The number of aryl methyl sites for hydroxylation is 3. The molecule has 0 saturated carbocycles. The van der Waals surface area contributed by atoms with Gasteiger partial charge in [0.15, 0.2) is 0 Å². The highest BCUT2D eigenvalue weighted by molar-refractivity contribution is 7.97. The quantitative estimate of drug-likeness (QED) is 0.535. The molecular weight excluding hydrogens is 392 g/mol. The van der Waals surface area contributed by atoms with Crippen LogP contribution in [0.3, 0.4) is 0 Å². The van der Waals surface area contributed by atoms with Gasteiger partial charge >= 0.3 is 0 Å². The normalized spacial score (nSPS) is 13.9. The van der Waals surface area contributed by atoms with E-state index in [9.17, 15) is 0 Å². The summed E-state index contributed by atoms with van der Waals surface area (Å²) in [7, 11) is 5.38. The third kappa shape index (κ3) is 7.47. The number of nitrogens with one attached hydrogen (secondary N) is 1. The van der Waals surface area contributed by atoms with Gasteiger partial charge in [0.1, 0.15) is 0 Å². The lowest BCUT2D eigenvalue weighted by Gasteiger charge is -2.22. The van der Waals surface area contributed by atoms with E-state index >= 15 is 0 Å². The summed E-state index contributed by atoms with van der Waals surface area (Å²) in [5.41, 5.74) is 4.07. The fourth-order valence-corrected chi connectivity index (χ4v) is 4.42. The Morgan fingerprint density at radius 2 is 1.73 bits per heavy atom. The molecule has 0 atom stereocenters. The van der Waals surface area contributed by atoms with Gasteiger partial charge in [-0.25, -0.2) is 0 Å². The van der Waals surface area contributed by atoms with Crippen molar-refractivity contribution in [2.75, 3.05) is 27.4 Å². The van der Waals surface area contributed by atoms with E-state index in [0.717, 1.165) is 32.5 Å². The van der Waals surface area contributed by atoms with Gasteiger partial charge in [0.2, 0.25) is 0 Å². The van der Waals surface area contributed by atoms with Gasteiger partial charge in [-0.1, -0.05) is 55.0 Å². The SMILES string of the molecule is CCc1cccc2c1c(SNC1CCOCC1)cn2C.COC.Cc1ccccc1. The van der Waals surface area contributed by atoms with Crippen LogP contribution in [0.25, 0.3) is 10.9 Å². The first-order valence-corrected chi connectivity index (χ1v) is 11.4. The van der Waals surface area contributed by atoms with Crippen LogP contribution in [0.2, 0.25) is 0 Å². The Bertz CT molecular complexity index is 858. The zero-order chi connectivity index (χ0) is 21.8. The van der Waals surface area contributed by atoms with Crippen LogP contribution in [-0.2, 0) is 22.9 Å². The number of aromatic nitrogens is 1. The summed E-state index contributed by atoms with van der Waals surface area (Å²) in [4.78, 5) is 1.34. The van der Waals surface area contributed by atoms with Crippen LogP contribution in [0.15, 0.2) is 59.6 Å². The minimum atomic E-state index is 0.567. The number of hydrogen-bond acceptors (Lipinski definition) is 4. The van der Waals surface area contributed by atoms with Crippen molar-refractivity contribution in [2.45, 2.75) is 44.0 Å². The number of ether oxygens (including phenoxy) is 2. The van der Waals surface area contributed by atoms with Crippen molar-refractivity contribution in [3.8, 4) is 0 Å². The number of rotatable bonds is 4. The number of benzene rings is 2. The smallest absolute Gasteiger partial charge is 0.0492 e. The molecule has 2 aromatic carbocycles. The molecule has 0 aliphatic carbocycles. The van der Waals surface area contributed by atoms with Crippen LogP contribution >= 0.6 is 11.9 Å². The molecule has 0 bridgehead atoms. The second kappa shape index (κ2) is 13.5. The minimum Gasteiger partial charge on any atom is -0.388 e. The molecule has 0 amide bonds. The summed E-state index contributed by atoms with van der Waals surface area (Å²) in [6.07, 6.45) is 5.53. The Hall–Kier alpha value is -1.79. The summed E-state index contributed by atoms with van der Waals surface area (Å²) in [5.74, 6) is 0. The topological polar surface area (TPSA) is 35.4 Å². The summed E-state index contributed by atoms with van der Waals surface area (Å²) in [6, 6.07) is 17.4. The summed E-state index contributed by atoms with van der Waals surface area (Å²) >= 11 is 1.78. The third-order valence-corrected chi connectivity index (χ3v) is 5.92. The number of methoxy groups -OCH3 is 1. The molecule has 3 aromatic rings. The van der Waals surface area contributed by atoms with Crippen molar-refractivity contribution in [3.05, 3.63) is 65.9 Å². The molecule has 2 heterocycles. The molecule has 4 nitrogen and oxygen atoms in total. The number of hydrogen-bond donors (Lipinski definition) is 1. The maximum atomic E-state index is 5.41. The van der Waals surface area contributed by atoms with E-state index in [1.165, 1.54) is 26.9 Å². The average molecular weight is 429 g/mol. The Morgan fingerprint density at radius 3 is 2.30 bits per heavy atom. The first-order valence-electron chi connectivity index (χ1n) is 10.6. The fourth-order valence-electron chi connectivity index (χ4n) is 3.34. The molecule has 4 rings (SSSR count). The molecule has 1 fully saturated rings. The Labute approximate surface area is 186 Å². The Kier molecular flexibility index (Phi) is 11.0. The first kappa shape index (κ1) is 24.5. The highest BCUT2D eigenvalue weighted by atomic mass is 32.2. The van der Waals surface area contributed by atoms with Crippen LogP contribution in [0.5, 0.6) is 0 Å². The van der Waals surface area contributed by atoms with E-state index in [-0.39, 0.29) is 0 Å². The van der Waals surface area contributed by atoms with Gasteiger partial charge in [0, 0.05) is 62.5 Å². The van der Waals surface area contributed by atoms with Gasteiger partial charge in [-0.2, -0.15) is 0 Å². The lowest BCUT2D eigenvalue weighted by atomic mass is 10.1. The first-order chi connectivity index (χ1) is 14.6. The monoisotopic (exact) mass is 428 g/mol. The van der Waals surface area contributed by atoms with Crippen molar-refractivity contribution in [2.24, 2.45) is 7.05 Å². The molecule has 1 aliphatic rings. The van der Waals surface area contributed by atoms with Gasteiger partial charge in [-0.3, -0.25) is 4.72 Å². The maximum absolute atomic E-state index is 5.41. The summed E-state index contributed by atoms with van der Waals surface area (Å²) in [6.45, 7) is 6.07. The van der Waals surface area contributed by atoms with Crippen LogP contribution in [0, 0.1) is 6.92 Å². The van der Waals surface area contributed by atoms with Crippen molar-refractivity contribution in [1.29, 1.82) is 0 Å². The van der Waals surface area contributed by atoms with Crippen LogP contribution in [-0.4, -0.2) is 38.0 Å². The lowest BCUT2D eigenvalue weighted by Crippen LogP contribution is -2.30. The van der Waals surface area contributed by atoms with Crippen LogP contribution in [0.1, 0.15) is 30.9 Å². The third-order valence-electron chi connectivity index (χ3n) is 4.94. The summed E-state index contributed by atoms with van der Waals surface area (Å²) < 4.78 is 15.5. The molecule has 1 saturated heterocycles. The minimum absolute atomic E-state index is 0.567. The molecule has 1 aromatic heterocycles. The largest absolute Gasteiger partial charge is 0.388 e. The molecule has 30 heavy (non-hydrogen) atoms. The molecule has 1 aliphatic heterocycles. The number of nitrogens with zero attached hydrogens (tertiary/aromatic N) is 1. The molecule has 1 N–H and O–H groups in total. The van der Waals surface area contributed by atoms with Crippen molar-refractivity contribution < 1.29 is 9.47 Å². The van der Waals surface area contributed by atoms with E-state index in [2.05, 4.69) is 71.4 Å². The second-order valence-corrected chi connectivity index (χ2v) is 8.32. The van der Waals surface area contributed by atoms with E-state index in [1.807, 2.05) is 18.2 Å². The van der Waals surface area contributed by atoms with E-state index in [1.54, 1.807) is 26.2 Å².